The van der Waals surface area contributed by atoms with Crippen LogP contribution >= 0.6 is 11.6 Å². The van der Waals surface area contributed by atoms with Crippen LogP contribution in [0.2, 0.25) is 5.02 Å². The molecule has 1 aliphatic rings. The van der Waals surface area contributed by atoms with Crippen LogP contribution in [0.15, 0.2) is 48.5 Å². The van der Waals surface area contributed by atoms with Crippen LogP contribution in [0.25, 0.3) is 5.57 Å². The smallest absolute Gasteiger partial charge is 0.156 e. The van der Waals surface area contributed by atoms with Crippen molar-refractivity contribution in [2.45, 2.75) is 25.7 Å². The van der Waals surface area contributed by atoms with Crippen molar-refractivity contribution < 1.29 is 9.18 Å². The summed E-state index contributed by atoms with van der Waals surface area (Å²) in [6, 6.07) is 12.1. The molecule has 22 heavy (non-hydrogen) atoms. The van der Waals surface area contributed by atoms with E-state index >= 15 is 0 Å². The van der Waals surface area contributed by atoms with Crippen LogP contribution in [-0.2, 0) is 4.79 Å². The van der Waals surface area contributed by atoms with E-state index in [2.05, 4.69) is 0 Å². The van der Waals surface area contributed by atoms with E-state index in [9.17, 15) is 9.18 Å². The number of carbonyl (C=O) groups is 1. The quantitative estimate of drug-likeness (QED) is 0.733. The zero-order valence-corrected chi connectivity index (χ0v) is 13.0. The van der Waals surface area contributed by atoms with E-state index in [-0.39, 0.29) is 17.5 Å². The van der Waals surface area contributed by atoms with Crippen molar-refractivity contribution >= 4 is 23.0 Å². The molecule has 0 N–H and O–H groups in total. The van der Waals surface area contributed by atoms with Crippen molar-refractivity contribution in [1.82, 2.24) is 0 Å². The molecule has 0 saturated heterocycles. The maximum absolute atomic E-state index is 13.1. The van der Waals surface area contributed by atoms with Crippen LogP contribution in [0.1, 0.15) is 35.4 Å². The number of rotatable bonds is 2. The Hall–Kier alpha value is -1.93. The van der Waals surface area contributed by atoms with Gasteiger partial charge >= 0.3 is 0 Å². The third-order valence-electron chi connectivity index (χ3n) is 4.12. The molecule has 0 saturated carbocycles. The van der Waals surface area contributed by atoms with E-state index in [1.54, 1.807) is 18.2 Å². The first kappa shape index (κ1) is 15.0. The van der Waals surface area contributed by atoms with Crippen molar-refractivity contribution in [3.8, 4) is 0 Å². The van der Waals surface area contributed by atoms with Crippen LogP contribution in [0.4, 0.5) is 4.39 Å². The first-order valence-corrected chi connectivity index (χ1v) is 7.66. The molecule has 0 spiro atoms. The summed E-state index contributed by atoms with van der Waals surface area (Å²) in [4.78, 5) is 12.1. The fraction of sp³-hybridized carbons (Fsp3) is 0.211. The van der Waals surface area contributed by atoms with Gasteiger partial charge in [0.1, 0.15) is 5.82 Å². The third-order valence-corrected chi connectivity index (χ3v) is 4.36. The van der Waals surface area contributed by atoms with Gasteiger partial charge in [0.15, 0.2) is 5.78 Å². The standard InChI is InChI=1S/C19H16ClFO/c1-12-8-16(20)4-7-19(12)15-9-14(10-18(22)11-15)13-2-5-17(21)6-3-13/h2-8,11,14H,9-10H2,1H3/t14-/m1/s1. The average molecular weight is 315 g/mol. The molecule has 3 rings (SSSR count). The minimum absolute atomic E-state index is 0.100. The molecular formula is C19H16ClFO. The molecular weight excluding hydrogens is 299 g/mol. The summed E-state index contributed by atoms with van der Waals surface area (Å²) < 4.78 is 13.1. The minimum atomic E-state index is -0.254. The van der Waals surface area contributed by atoms with E-state index < -0.39 is 0 Å². The monoisotopic (exact) mass is 314 g/mol. The molecule has 0 aliphatic heterocycles. The van der Waals surface area contributed by atoms with Crippen LogP contribution in [0, 0.1) is 12.7 Å². The predicted octanol–water partition coefficient (Wildman–Crippen LogP) is 5.32. The summed E-state index contributed by atoms with van der Waals surface area (Å²) in [7, 11) is 0. The summed E-state index contributed by atoms with van der Waals surface area (Å²) in [6.07, 6.45) is 2.98. The molecule has 0 amide bonds. The van der Waals surface area contributed by atoms with E-state index in [0.717, 1.165) is 28.7 Å². The Labute approximate surface area is 134 Å². The van der Waals surface area contributed by atoms with E-state index in [1.807, 2.05) is 25.1 Å². The molecule has 0 aromatic heterocycles. The lowest BCUT2D eigenvalue weighted by Gasteiger charge is -2.23. The maximum Gasteiger partial charge on any atom is 0.156 e. The number of ketones is 1. The molecule has 0 heterocycles. The number of allylic oxidation sites excluding steroid dienone is 2. The van der Waals surface area contributed by atoms with Gasteiger partial charge < -0.3 is 0 Å². The fourth-order valence-electron chi connectivity index (χ4n) is 3.04. The summed E-state index contributed by atoms with van der Waals surface area (Å²) in [5, 5.41) is 0.694. The van der Waals surface area contributed by atoms with Gasteiger partial charge in [0.2, 0.25) is 0 Å². The van der Waals surface area contributed by atoms with E-state index in [0.29, 0.717) is 11.4 Å². The third kappa shape index (κ3) is 3.12. The highest BCUT2D eigenvalue weighted by Gasteiger charge is 2.23. The molecule has 0 bridgehead atoms. The highest BCUT2D eigenvalue weighted by atomic mass is 35.5. The van der Waals surface area contributed by atoms with Crippen molar-refractivity contribution in [3.63, 3.8) is 0 Å². The predicted molar refractivity (Wildman–Crippen MR) is 87.5 cm³/mol. The Morgan fingerprint density at radius 3 is 2.50 bits per heavy atom. The molecule has 0 radical (unpaired) electrons. The maximum atomic E-state index is 13.1. The molecule has 3 heteroatoms. The van der Waals surface area contributed by atoms with E-state index in [4.69, 9.17) is 11.6 Å². The van der Waals surface area contributed by atoms with Crippen molar-refractivity contribution in [3.05, 3.63) is 76.1 Å². The Bertz CT molecular complexity index is 747. The topological polar surface area (TPSA) is 17.1 Å². The highest BCUT2D eigenvalue weighted by molar-refractivity contribution is 6.30. The lowest BCUT2D eigenvalue weighted by Crippen LogP contribution is -2.12. The van der Waals surface area contributed by atoms with Crippen molar-refractivity contribution in [2.75, 3.05) is 0 Å². The van der Waals surface area contributed by atoms with Crippen LogP contribution in [0.5, 0.6) is 0 Å². The number of halogens is 2. The summed E-state index contributed by atoms with van der Waals surface area (Å²) in [6.45, 7) is 1.99. The molecule has 0 fully saturated rings. The molecule has 2 aromatic rings. The Morgan fingerprint density at radius 2 is 1.82 bits per heavy atom. The second-order valence-corrected chi connectivity index (χ2v) is 6.19. The minimum Gasteiger partial charge on any atom is -0.295 e. The van der Waals surface area contributed by atoms with Gasteiger partial charge in [-0.15, -0.1) is 0 Å². The fourth-order valence-corrected chi connectivity index (χ4v) is 3.27. The van der Waals surface area contributed by atoms with Crippen molar-refractivity contribution in [1.29, 1.82) is 0 Å². The first-order chi connectivity index (χ1) is 10.5. The largest absolute Gasteiger partial charge is 0.295 e. The van der Waals surface area contributed by atoms with Crippen LogP contribution in [0.3, 0.4) is 0 Å². The zero-order chi connectivity index (χ0) is 15.7. The van der Waals surface area contributed by atoms with Gasteiger partial charge in [-0.2, -0.15) is 0 Å². The SMILES string of the molecule is Cc1cc(Cl)ccc1C1=CC(=O)C[C@H](c2ccc(F)cc2)C1. The first-order valence-electron chi connectivity index (χ1n) is 7.28. The Kier molecular flexibility index (Phi) is 4.12. The normalized spacial score (nSPS) is 18.2. The number of hydrogen-bond acceptors (Lipinski definition) is 1. The van der Waals surface area contributed by atoms with Gasteiger partial charge in [-0.25, -0.2) is 4.39 Å². The van der Waals surface area contributed by atoms with Gasteiger partial charge in [-0.1, -0.05) is 29.8 Å². The Morgan fingerprint density at radius 1 is 1.09 bits per heavy atom. The average Bonchev–Trinajstić information content (AvgIpc) is 2.47. The van der Waals surface area contributed by atoms with E-state index in [1.165, 1.54) is 12.1 Å². The highest BCUT2D eigenvalue weighted by Crippen LogP contribution is 2.37. The lowest BCUT2D eigenvalue weighted by molar-refractivity contribution is -0.115. The number of carbonyl (C=O) groups excluding carboxylic acids is 1. The molecule has 0 unspecified atom stereocenters. The molecule has 1 nitrogen and oxygen atoms in total. The number of hydrogen-bond donors (Lipinski definition) is 0. The zero-order valence-electron chi connectivity index (χ0n) is 12.3. The molecule has 1 atom stereocenters. The Balaban J connectivity index is 1.93. The van der Waals surface area contributed by atoms with Gasteiger partial charge in [-0.05, 0) is 71.9 Å². The van der Waals surface area contributed by atoms with Gasteiger partial charge in [-0.3, -0.25) is 4.79 Å². The summed E-state index contributed by atoms with van der Waals surface area (Å²) >= 11 is 6.00. The summed E-state index contributed by atoms with van der Waals surface area (Å²) in [5.74, 6) is -0.0386. The molecule has 1 aliphatic carbocycles. The van der Waals surface area contributed by atoms with Crippen LogP contribution in [-0.4, -0.2) is 5.78 Å². The summed E-state index contributed by atoms with van der Waals surface area (Å²) in [5.41, 5.74) is 4.16. The van der Waals surface area contributed by atoms with Gasteiger partial charge in [0.05, 0.1) is 0 Å². The van der Waals surface area contributed by atoms with Crippen molar-refractivity contribution in [2.24, 2.45) is 0 Å². The number of aryl methyl sites for hydroxylation is 1. The van der Waals surface area contributed by atoms with Gasteiger partial charge in [0.25, 0.3) is 0 Å². The number of benzene rings is 2. The van der Waals surface area contributed by atoms with Crippen LogP contribution < -0.4 is 0 Å². The molecule has 112 valence electrons. The lowest BCUT2D eigenvalue weighted by atomic mass is 9.80. The molecule has 2 aromatic carbocycles. The second kappa shape index (κ2) is 6.05. The second-order valence-electron chi connectivity index (χ2n) is 5.75. The van der Waals surface area contributed by atoms with Gasteiger partial charge in [0, 0.05) is 11.4 Å².